The Bertz CT molecular complexity index is 1270. The molecular weight excluding hydrogens is 483 g/mol. The molecule has 1 amide bonds. The quantitative estimate of drug-likeness (QED) is 0.393. The van der Waals surface area contributed by atoms with Gasteiger partial charge in [-0.2, -0.15) is 0 Å². The van der Waals surface area contributed by atoms with Gasteiger partial charge in [-0.05, 0) is 36.2 Å². The molecule has 4 aromatic rings. The van der Waals surface area contributed by atoms with Crippen molar-refractivity contribution in [3.8, 4) is 11.1 Å². The van der Waals surface area contributed by atoms with Gasteiger partial charge in [0, 0.05) is 42.0 Å². The van der Waals surface area contributed by atoms with Crippen LogP contribution in [0.15, 0.2) is 95.9 Å². The summed E-state index contributed by atoms with van der Waals surface area (Å²) in [6, 6.07) is 25.7. The van der Waals surface area contributed by atoms with Crippen LogP contribution < -0.4 is 16.6 Å². The van der Waals surface area contributed by atoms with Gasteiger partial charge in [0.1, 0.15) is 5.82 Å². The summed E-state index contributed by atoms with van der Waals surface area (Å²) in [5, 5.41) is 2.85. The van der Waals surface area contributed by atoms with Crippen molar-refractivity contribution < 1.29 is 4.79 Å². The molecule has 2 heterocycles. The fraction of sp³-hybridized carbons (Fsp3) is 0.148. The summed E-state index contributed by atoms with van der Waals surface area (Å²) in [4.78, 5) is 29.3. The van der Waals surface area contributed by atoms with Gasteiger partial charge in [-0.3, -0.25) is 9.59 Å². The molecule has 1 unspecified atom stereocenters. The molecule has 0 saturated carbocycles. The number of carbonyl (C=O) groups excluding carboxylic acids is 1. The lowest BCUT2D eigenvalue weighted by molar-refractivity contribution is -0.117. The molecule has 35 heavy (non-hydrogen) atoms. The number of nitrogens with zero attached hydrogens (tertiary/aromatic N) is 2. The Kier molecular flexibility index (Phi) is 9.78. The van der Waals surface area contributed by atoms with Crippen molar-refractivity contribution >= 4 is 36.5 Å². The molecular formula is C27H28Cl2N4O2. The zero-order valence-corrected chi connectivity index (χ0v) is 21.1. The predicted molar refractivity (Wildman–Crippen MR) is 145 cm³/mol. The van der Waals surface area contributed by atoms with E-state index >= 15 is 0 Å². The van der Waals surface area contributed by atoms with Crippen molar-refractivity contribution in [3.05, 3.63) is 118 Å². The minimum atomic E-state index is -0.804. The lowest BCUT2D eigenvalue weighted by atomic mass is 9.85. The summed E-state index contributed by atoms with van der Waals surface area (Å²) in [6.07, 6.45) is 1.68. The molecule has 0 aliphatic heterocycles. The number of carbonyl (C=O) groups is 1. The molecule has 0 spiro atoms. The van der Waals surface area contributed by atoms with Gasteiger partial charge in [-0.15, -0.1) is 24.8 Å². The maximum absolute atomic E-state index is 13.1. The monoisotopic (exact) mass is 510 g/mol. The molecule has 182 valence electrons. The number of nitrogens with one attached hydrogen (secondary N) is 1. The van der Waals surface area contributed by atoms with Gasteiger partial charge in [0.2, 0.25) is 11.5 Å². The fourth-order valence-corrected chi connectivity index (χ4v) is 3.95. The number of hydrogen-bond donors (Lipinski definition) is 2. The molecule has 3 N–H and O–H groups in total. The fourth-order valence-electron chi connectivity index (χ4n) is 3.95. The van der Waals surface area contributed by atoms with Gasteiger partial charge < -0.3 is 15.6 Å². The van der Waals surface area contributed by atoms with E-state index in [4.69, 9.17) is 5.73 Å². The first-order chi connectivity index (χ1) is 16.0. The number of halogens is 2. The van der Waals surface area contributed by atoms with Crippen LogP contribution in [0.25, 0.3) is 11.1 Å². The zero-order chi connectivity index (χ0) is 23.4. The van der Waals surface area contributed by atoms with Crippen molar-refractivity contribution in [2.75, 3.05) is 5.32 Å². The number of hydrogen-bond acceptors (Lipinski definition) is 4. The highest BCUT2D eigenvalue weighted by molar-refractivity contribution is 5.95. The van der Waals surface area contributed by atoms with Crippen LogP contribution in [0.2, 0.25) is 0 Å². The van der Waals surface area contributed by atoms with E-state index < -0.39 is 6.04 Å². The minimum absolute atomic E-state index is 0. The van der Waals surface area contributed by atoms with E-state index in [1.165, 1.54) is 6.07 Å². The Morgan fingerprint density at radius 3 is 1.97 bits per heavy atom. The van der Waals surface area contributed by atoms with E-state index in [0.717, 1.165) is 27.9 Å². The normalized spacial score (nSPS) is 11.2. The second-order valence-corrected chi connectivity index (χ2v) is 7.98. The summed E-state index contributed by atoms with van der Waals surface area (Å²) in [5.41, 5.74) is 11.0. The smallest absolute Gasteiger partial charge is 0.250 e. The summed E-state index contributed by atoms with van der Waals surface area (Å²) < 4.78 is 1.59. The highest BCUT2D eigenvalue weighted by atomic mass is 35.5. The maximum Gasteiger partial charge on any atom is 0.250 e. The van der Waals surface area contributed by atoms with Gasteiger partial charge in [-0.1, -0.05) is 60.7 Å². The molecule has 2 aromatic carbocycles. The molecule has 8 heteroatoms. The molecule has 2 aromatic heterocycles. The number of anilines is 1. The van der Waals surface area contributed by atoms with Crippen LogP contribution >= 0.6 is 24.8 Å². The number of benzene rings is 2. The minimum Gasteiger partial charge on any atom is -0.319 e. The first kappa shape index (κ1) is 27.8. The lowest BCUT2D eigenvalue weighted by Gasteiger charge is -2.24. The largest absolute Gasteiger partial charge is 0.319 e. The van der Waals surface area contributed by atoms with Crippen LogP contribution in [0.5, 0.6) is 0 Å². The Morgan fingerprint density at radius 1 is 0.886 bits per heavy atom. The van der Waals surface area contributed by atoms with Gasteiger partial charge in [0.15, 0.2) is 0 Å². The second-order valence-electron chi connectivity index (χ2n) is 7.98. The van der Waals surface area contributed by atoms with Crippen LogP contribution in [0.4, 0.5) is 5.82 Å². The van der Waals surface area contributed by atoms with E-state index in [9.17, 15) is 9.59 Å². The molecule has 0 saturated heterocycles. The number of aromatic nitrogens is 2. The average molecular weight is 511 g/mol. The van der Waals surface area contributed by atoms with E-state index in [1.54, 1.807) is 29.9 Å². The molecule has 4 rings (SSSR count). The van der Waals surface area contributed by atoms with Gasteiger partial charge in [0.25, 0.3) is 0 Å². The van der Waals surface area contributed by atoms with Crippen molar-refractivity contribution in [3.63, 3.8) is 0 Å². The summed E-state index contributed by atoms with van der Waals surface area (Å²) in [7, 11) is 1.74. The highest BCUT2D eigenvalue weighted by Crippen LogP contribution is 2.28. The Hall–Kier alpha value is -3.45. The Labute approximate surface area is 217 Å². The molecule has 0 aliphatic rings. The molecule has 0 fully saturated rings. The zero-order valence-electron chi connectivity index (χ0n) is 19.4. The van der Waals surface area contributed by atoms with E-state index in [0.29, 0.717) is 5.82 Å². The van der Waals surface area contributed by atoms with Crippen molar-refractivity contribution in [2.45, 2.75) is 18.9 Å². The number of amides is 1. The van der Waals surface area contributed by atoms with Gasteiger partial charge in [-0.25, -0.2) is 4.98 Å². The SMILES string of the molecule is Cc1c(-c2ccc(NC(=O)C(N)C(c3ccccc3)c3ccccc3)nc2)ccc(=O)n1C.Cl.Cl. The van der Waals surface area contributed by atoms with Crippen molar-refractivity contribution in [1.82, 2.24) is 9.55 Å². The van der Waals surface area contributed by atoms with Crippen molar-refractivity contribution in [1.29, 1.82) is 0 Å². The Balaban J connectivity index is 0.00000216. The molecule has 0 radical (unpaired) electrons. The first-order valence-electron chi connectivity index (χ1n) is 10.7. The van der Waals surface area contributed by atoms with E-state index in [2.05, 4.69) is 10.3 Å². The summed E-state index contributed by atoms with van der Waals surface area (Å²) in [5.74, 6) is -0.187. The number of nitrogens with two attached hydrogens (primary N) is 1. The van der Waals surface area contributed by atoms with Crippen molar-refractivity contribution in [2.24, 2.45) is 12.8 Å². The predicted octanol–water partition coefficient (Wildman–Crippen LogP) is 4.70. The molecule has 6 nitrogen and oxygen atoms in total. The van der Waals surface area contributed by atoms with Crippen LogP contribution in [-0.4, -0.2) is 21.5 Å². The van der Waals surface area contributed by atoms with E-state index in [-0.39, 0.29) is 42.2 Å². The van der Waals surface area contributed by atoms with Crippen LogP contribution in [-0.2, 0) is 11.8 Å². The van der Waals surface area contributed by atoms with Crippen LogP contribution in [0.3, 0.4) is 0 Å². The Morgan fingerprint density at radius 2 is 1.46 bits per heavy atom. The molecule has 0 bridgehead atoms. The molecule has 1 atom stereocenters. The van der Waals surface area contributed by atoms with Gasteiger partial charge in [0.05, 0.1) is 6.04 Å². The molecule has 0 aliphatic carbocycles. The standard InChI is InChI=1S/C27H26N4O2.2ClH/c1-18-22(14-16-24(32)31(18)2)21-13-15-23(29-17-21)30-27(33)26(28)25(19-9-5-3-6-10-19)20-11-7-4-8-12-20;;/h3-17,25-26H,28H2,1-2H3,(H,29,30,33);2*1H. The number of rotatable bonds is 6. The average Bonchev–Trinajstić information content (AvgIpc) is 2.85. The topological polar surface area (TPSA) is 90.0 Å². The highest BCUT2D eigenvalue weighted by Gasteiger charge is 2.28. The lowest BCUT2D eigenvalue weighted by Crippen LogP contribution is -2.41. The third-order valence-corrected chi connectivity index (χ3v) is 5.92. The second kappa shape index (κ2) is 12.3. The maximum atomic E-state index is 13.1. The van der Waals surface area contributed by atoms with Crippen LogP contribution in [0.1, 0.15) is 22.7 Å². The van der Waals surface area contributed by atoms with E-state index in [1.807, 2.05) is 73.7 Å². The van der Waals surface area contributed by atoms with Crippen LogP contribution in [0, 0.1) is 6.92 Å². The summed E-state index contributed by atoms with van der Waals surface area (Å²) >= 11 is 0. The van der Waals surface area contributed by atoms with Gasteiger partial charge >= 0.3 is 0 Å². The first-order valence-corrected chi connectivity index (χ1v) is 10.7. The third kappa shape index (κ3) is 6.17. The third-order valence-electron chi connectivity index (χ3n) is 5.92. The number of pyridine rings is 2. The summed E-state index contributed by atoms with van der Waals surface area (Å²) in [6.45, 7) is 1.89.